The van der Waals surface area contributed by atoms with E-state index in [0.29, 0.717) is 0 Å². The summed E-state index contributed by atoms with van der Waals surface area (Å²) >= 11 is 0. The summed E-state index contributed by atoms with van der Waals surface area (Å²) in [5.41, 5.74) is 4.22. The van der Waals surface area contributed by atoms with Crippen molar-refractivity contribution in [1.29, 1.82) is 0 Å². The number of benzene rings is 1. The van der Waals surface area contributed by atoms with Gasteiger partial charge in [0, 0.05) is 21.3 Å². The molecule has 124 valence electrons. The van der Waals surface area contributed by atoms with Gasteiger partial charge in [-0.3, -0.25) is 0 Å². The monoisotopic (exact) mass is 340 g/mol. The van der Waals surface area contributed by atoms with Crippen molar-refractivity contribution in [2.24, 2.45) is 0 Å². The van der Waals surface area contributed by atoms with Gasteiger partial charge in [-0.15, -0.1) is 0 Å². The molecular formula is C15H28N2O3Si2. The average Bonchev–Trinajstić information content (AvgIpc) is 2.52. The van der Waals surface area contributed by atoms with Gasteiger partial charge < -0.3 is 22.4 Å². The van der Waals surface area contributed by atoms with Crippen LogP contribution in [0.25, 0.3) is 0 Å². The van der Waals surface area contributed by atoms with Crippen molar-refractivity contribution in [1.82, 2.24) is 9.13 Å². The van der Waals surface area contributed by atoms with Crippen LogP contribution in [-0.2, 0) is 13.3 Å². The molecule has 0 aliphatic carbocycles. The molecule has 0 radical (unpaired) electrons. The topological polar surface area (TPSA) is 34.2 Å². The molecular weight excluding hydrogens is 312 g/mol. The van der Waals surface area contributed by atoms with Gasteiger partial charge in [0.2, 0.25) is 0 Å². The molecule has 22 heavy (non-hydrogen) atoms. The molecule has 0 N–H and O–H groups in total. The van der Waals surface area contributed by atoms with Crippen molar-refractivity contribution in [3.8, 4) is 0 Å². The quantitative estimate of drug-likeness (QED) is 0.659. The molecule has 0 atom stereocenters. The Morgan fingerprint density at radius 3 is 1.59 bits per heavy atom. The smallest absolute Gasteiger partial charge is 0.374 e. The summed E-state index contributed by atoms with van der Waals surface area (Å²) < 4.78 is 21.1. The van der Waals surface area contributed by atoms with E-state index in [9.17, 15) is 0 Å². The summed E-state index contributed by atoms with van der Waals surface area (Å²) in [6.45, 7) is 0. The second kappa shape index (κ2) is 8.16. The number of rotatable bonds is 8. The van der Waals surface area contributed by atoms with E-state index in [1.807, 2.05) is 11.8 Å². The maximum Gasteiger partial charge on any atom is 0.528 e. The Hall–Kier alpha value is -0.806. The van der Waals surface area contributed by atoms with E-state index in [2.05, 4.69) is 67.3 Å². The molecule has 5 nitrogen and oxygen atoms in total. The van der Waals surface area contributed by atoms with E-state index in [1.54, 1.807) is 21.3 Å². The van der Waals surface area contributed by atoms with E-state index in [-0.39, 0.29) is 0 Å². The number of hydrogen-bond acceptors (Lipinski definition) is 5. The lowest BCUT2D eigenvalue weighted by molar-refractivity contribution is 0.138. The summed E-state index contributed by atoms with van der Waals surface area (Å²) in [4.78, 5) is 0. The van der Waals surface area contributed by atoms with E-state index in [0.717, 1.165) is 0 Å². The van der Waals surface area contributed by atoms with Crippen LogP contribution < -0.4 is 5.19 Å². The van der Waals surface area contributed by atoms with Crippen LogP contribution in [0.15, 0.2) is 41.7 Å². The zero-order valence-electron chi connectivity index (χ0n) is 14.7. The fourth-order valence-electron chi connectivity index (χ4n) is 2.67. The molecule has 0 bridgehead atoms. The molecule has 0 unspecified atom stereocenters. The second-order valence-corrected chi connectivity index (χ2v) is 12.3. The Labute approximate surface area is 136 Å². The highest BCUT2D eigenvalue weighted by atomic mass is 28.4. The van der Waals surface area contributed by atoms with Crippen molar-refractivity contribution in [2.45, 2.75) is 0 Å². The van der Waals surface area contributed by atoms with Crippen LogP contribution in [0.1, 0.15) is 0 Å². The Balaban J connectivity index is 3.40. The fourth-order valence-corrected chi connectivity index (χ4v) is 8.63. The summed E-state index contributed by atoms with van der Waals surface area (Å²) in [7, 11) is 8.36. The maximum absolute atomic E-state index is 5.52. The fraction of sp³-hybridized carbons (Fsp3) is 0.467. The zero-order valence-corrected chi connectivity index (χ0v) is 16.7. The molecule has 0 aliphatic heterocycles. The van der Waals surface area contributed by atoms with Crippen molar-refractivity contribution in [2.75, 3.05) is 49.5 Å². The highest BCUT2D eigenvalue weighted by Crippen LogP contribution is 2.16. The first-order valence-corrected chi connectivity index (χ1v) is 10.9. The van der Waals surface area contributed by atoms with Gasteiger partial charge in [0.1, 0.15) is 0 Å². The molecule has 0 aliphatic rings. The molecule has 0 saturated carbocycles. The average molecular weight is 341 g/mol. The first-order chi connectivity index (χ1) is 10.4. The lowest BCUT2D eigenvalue weighted by Crippen LogP contribution is -2.68. The third-order valence-corrected chi connectivity index (χ3v) is 11.1. The minimum absolute atomic E-state index is 1.30. The van der Waals surface area contributed by atoms with Crippen molar-refractivity contribution in [3.05, 3.63) is 41.7 Å². The van der Waals surface area contributed by atoms with Crippen molar-refractivity contribution < 1.29 is 13.3 Å². The predicted molar refractivity (Wildman–Crippen MR) is 95.1 cm³/mol. The van der Waals surface area contributed by atoms with Crippen LogP contribution in [0.5, 0.6) is 0 Å². The van der Waals surface area contributed by atoms with Crippen LogP contribution in [-0.4, -0.2) is 75.9 Å². The van der Waals surface area contributed by atoms with Crippen LogP contribution >= 0.6 is 0 Å². The maximum atomic E-state index is 5.52. The Morgan fingerprint density at radius 1 is 0.773 bits per heavy atom. The lowest BCUT2D eigenvalue weighted by atomic mass is 10.4. The van der Waals surface area contributed by atoms with Crippen LogP contribution in [0, 0.1) is 0 Å². The van der Waals surface area contributed by atoms with E-state index in [1.165, 1.54) is 5.19 Å². The highest BCUT2D eigenvalue weighted by Gasteiger charge is 2.42. The van der Waals surface area contributed by atoms with Gasteiger partial charge in [-0.2, -0.15) is 0 Å². The molecule has 1 aromatic rings. The van der Waals surface area contributed by atoms with Gasteiger partial charge >= 0.3 is 8.80 Å². The first kappa shape index (κ1) is 19.2. The molecule has 1 aromatic carbocycles. The minimum atomic E-state index is -2.75. The van der Waals surface area contributed by atoms with Gasteiger partial charge in [-0.1, -0.05) is 36.0 Å². The van der Waals surface area contributed by atoms with Gasteiger partial charge in [0.25, 0.3) is 8.40 Å². The van der Waals surface area contributed by atoms with E-state index >= 15 is 0 Å². The second-order valence-electron chi connectivity index (χ2n) is 5.43. The Morgan fingerprint density at radius 2 is 1.23 bits per heavy atom. The van der Waals surface area contributed by atoms with Gasteiger partial charge in [0.05, 0.1) is 0 Å². The summed E-state index contributed by atoms with van der Waals surface area (Å²) in [6, 6.07) is 10.5. The summed E-state index contributed by atoms with van der Waals surface area (Å²) in [6.07, 6.45) is 0. The molecule has 0 spiro atoms. The normalized spacial score (nSPS) is 13.5. The number of hydrogen-bond donors (Lipinski definition) is 0. The third-order valence-electron chi connectivity index (χ3n) is 3.94. The molecule has 1 rings (SSSR count). The molecule has 0 amide bonds. The summed E-state index contributed by atoms with van der Waals surface area (Å²) in [5.74, 6) is 0. The van der Waals surface area contributed by atoms with Crippen molar-refractivity contribution in [3.63, 3.8) is 0 Å². The van der Waals surface area contributed by atoms with Gasteiger partial charge in [0.15, 0.2) is 0 Å². The minimum Gasteiger partial charge on any atom is -0.374 e. The van der Waals surface area contributed by atoms with Crippen LogP contribution in [0.4, 0.5) is 0 Å². The zero-order chi connectivity index (χ0) is 16.8. The molecule has 7 heteroatoms. The van der Waals surface area contributed by atoms with E-state index in [4.69, 9.17) is 13.3 Å². The molecule has 0 heterocycles. The lowest BCUT2D eigenvalue weighted by Gasteiger charge is -2.41. The number of nitrogens with zero attached hydrogens (tertiary/aromatic N) is 2. The van der Waals surface area contributed by atoms with E-state index < -0.39 is 17.2 Å². The Bertz CT molecular complexity index is 461. The van der Waals surface area contributed by atoms with Crippen LogP contribution in [0.3, 0.4) is 0 Å². The predicted octanol–water partition coefficient (Wildman–Crippen LogP) is 0.972. The standard InChI is InChI=1S/C15H28N2O3Si2/c1-16(2)21(17(3)4,15-11-9-8-10-12-15)13-14-22(18-5,19-6)20-7/h8-14H,1-7H3. The molecule has 0 aromatic heterocycles. The van der Waals surface area contributed by atoms with Gasteiger partial charge in [-0.05, 0) is 39.1 Å². The Kier molecular flexibility index (Phi) is 7.14. The SMILES string of the molecule is CO[Si](C=C[Si](c1ccccc1)(N(C)C)N(C)C)(OC)OC. The molecule has 0 fully saturated rings. The van der Waals surface area contributed by atoms with Crippen LogP contribution in [0.2, 0.25) is 0 Å². The largest absolute Gasteiger partial charge is 0.528 e. The van der Waals surface area contributed by atoms with Crippen molar-refractivity contribution >= 4 is 22.4 Å². The third kappa shape index (κ3) is 3.74. The van der Waals surface area contributed by atoms with Gasteiger partial charge in [-0.25, -0.2) is 0 Å². The molecule has 0 saturated heterocycles. The summed E-state index contributed by atoms with van der Waals surface area (Å²) in [5, 5.41) is 1.30. The first-order valence-electron chi connectivity index (χ1n) is 7.14. The highest BCUT2D eigenvalue weighted by molar-refractivity contribution is 6.92.